The summed E-state index contributed by atoms with van der Waals surface area (Å²) in [6.07, 6.45) is -0.0991. The number of carboxylic acid groups (broad SMARTS) is 1. The predicted octanol–water partition coefficient (Wildman–Crippen LogP) is -2.29. The van der Waals surface area contributed by atoms with Gasteiger partial charge in [0.1, 0.15) is 23.9 Å². The molecule has 5 unspecified atom stereocenters. The van der Waals surface area contributed by atoms with Crippen LogP contribution in [0.1, 0.15) is 32.3 Å². The maximum atomic E-state index is 13.0. The molecule has 13 nitrogen and oxygen atoms in total. The van der Waals surface area contributed by atoms with Crippen molar-refractivity contribution in [3.8, 4) is 5.75 Å². The van der Waals surface area contributed by atoms with Crippen LogP contribution < -0.4 is 27.4 Å². The van der Waals surface area contributed by atoms with Crippen LogP contribution in [0.4, 0.5) is 0 Å². The van der Waals surface area contributed by atoms with Crippen molar-refractivity contribution in [3.63, 3.8) is 0 Å². The smallest absolute Gasteiger partial charge is 0.326 e. The molecule has 10 N–H and O–H groups in total. The SMILES string of the molecule is CCC(C)C(NC(=O)C(Cc1ccc(O)cc1)NC(=O)C(CO)NC(=O)C(N)CC(N)=O)C(=O)O. The van der Waals surface area contributed by atoms with E-state index in [2.05, 4.69) is 16.0 Å². The lowest BCUT2D eigenvalue weighted by atomic mass is 9.98. The molecule has 0 saturated heterocycles. The van der Waals surface area contributed by atoms with Crippen molar-refractivity contribution < 1.29 is 39.3 Å². The molecule has 0 fully saturated rings. The van der Waals surface area contributed by atoms with Gasteiger partial charge in [0.15, 0.2) is 0 Å². The van der Waals surface area contributed by atoms with Crippen molar-refractivity contribution in [2.45, 2.75) is 57.3 Å². The van der Waals surface area contributed by atoms with Crippen molar-refractivity contribution in [2.24, 2.45) is 17.4 Å². The average Bonchev–Trinajstić information content (AvgIpc) is 2.80. The molecule has 0 heterocycles. The molecule has 35 heavy (non-hydrogen) atoms. The summed E-state index contributed by atoms with van der Waals surface area (Å²) in [6, 6.07) is 0.414. The molecule has 1 rings (SSSR count). The van der Waals surface area contributed by atoms with Crippen LogP contribution in [-0.2, 0) is 30.4 Å². The molecule has 5 atom stereocenters. The molecule has 0 aliphatic heterocycles. The van der Waals surface area contributed by atoms with E-state index in [-0.39, 0.29) is 12.2 Å². The quantitative estimate of drug-likeness (QED) is 0.138. The van der Waals surface area contributed by atoms with E-state index in [0.29, 0.717) is 12.0 Å². The Morgan fingerprint density at radius 1 is 0.943 bits per heavy atom. The van der Waals surface area contributed by atoms with Gasteiger partial charge in [0.2, 0.25) is 23.6 Å². The summed E-state index contributed by atoms with van der Waals surface area (Å²) >= 11 is 0. The Morgan fingerprint density at radius 2 is 1.49 bits per heavy atom. The van der Waals surface area contributed by atoms with E-state index in [9.17, 15) is 39.3 Å². The minimum atomic E-state index is -1.51. The molecule has 0 bridgehead atoms. The molecule has 1 aromatic rings. The number of hydrogen-bond acceptors (Lipinski definition) is 8. The lowest BCUT2D eigenvalue weighted by Gasteiger charge is -2.26. The van der Waals surface area contributed by atoms with Crippen LogP contribution in [0, 0.1) is 5.92 Å². The number of aliphatic hydroxyl groups excluding tert-OH is 1. The molecule has 13 heteroatoms. The number of aliphatic hydroxyl groups is 1. The Balaban J connectivity index is 3.08. The van der Waals surface area contributed by atoms with E-state index in [1.807, 2.05) is 0 Å². The first-order valence-electron chi connectivity index (χ1n) is 11.0. The minimum Gasteiger partial charge on any atom is -0.508 e. The van der Waals surface area contributed by atoms with E-state index < -0.39 is 72.7 Å². The summed E-state index contributed by atoms with van der Waals surface area (Å²) in [5.74, 6) is -5.16. The van der Waals surface area contributed by atoms with Gasteiger partial charge in [-0.25, -0.2) is 4.79 Å². The number of phenolic OH excluding ortho intramolecular Hbond substituents is 1. The first-order chi connectivity index (χ1) is 16.4. The van der Waals surface area contributed by atoms with E-state index in [1.165, 1.54) is 24.3 Å². The number of aliphatic carboxylic acids is 1. The first kappa shape index (κ1) is 29.3. The Bertz CT molecular complexity index is 908. The fourth-order valence-electron chi connectivity index (χ4n) is 3.07. The molecule has 1 aromatic carbocycles. The average molecular weight is 496 g/mol. The monoisotopic (exact) mass is 495 g/mol. The number of nitrogens with one attached hydrogen (secondary N) is 3. The molecule has 194 valence electrons. The lowest BCUT2D eigenvalue weighted by Crippen LogP contribution is -2.59. The van der Waals surface area contributed by atoms with Crippen LogP contribution in [0.5, 0.6) is 5.75 Å². The number of hydrogen-bond donors (Lipinski definition) is 8. The summed E-state index contributed by atoms with van der Waals surface area (Å²) in [6.45, 7) is 2.57. The highest BCUT2D eigenvalue weighted by Gasteiger charge is 2.32. The number of carbonyl (C=O) groups is 5. The molecule has 4 amide bonds. The van der Waals surface area contributed by atoms with Crippen molar-refractivity contribution >= 4 is 29.6 Å². The Hall–Kier alpha value is -3.71. The van der Waals surface area contributed by atoms with Crippen LogP contribution in [0.3, 0.4) is 0 Å². The predicted molar refractivity (Wildman–Crippen MR) is 124 cm³/mol. The van der Waals surface area contributed by atoms with Crippen molar-refractivity contribution in [2.75, 3.05) is 6.61 Å². The van der Waals surface area contributed by atoms with Crippen LogP contribution in [0.25, 0.3) is 0 Å². The minimum absolute atomic E-state index is 0.0168. The van der Waals surface area contributed by atoms with Gasteiger partial charge < -0.3 is 42.7 Å². The topological polar surface area (TPSA) is 234 Å². The second-order valence-corrected chi connectivity index (χ2v) is 8.16. The molecule has 0 aliphatic rings. The van der Waals surface area contributed by atoms with E-state index in [1.54, 1.807) is 13.8 Å². The number of amides is 4. The fourth-order valence-corrected chi connectivity index (χ4v) is 3.07. The molecule has 0 radical (unpaired) electrons. The third kappa shape index (κ3) is 9.59. The van der Waals surface area contributed by atoms with Crippen LogP contribution in [-0.4, -0.2) is 75.7 Å². The molecular formula is C22H33N5O8. The number of rotatable bonds is 14. The number of phenols is 1. The highest BCUT2D eigenvalue weighted by molar-refractivity contribution is 5.95. The van der Waals surface area contributed by atoms with Gasteiger partial charge in [-0.2, -0.15) is 0 Å². The standard InChI is InChI=1S/C22H33N5O8/c1-3-11(2)18(22(34)35)27-20(32)15(8-12-4-6-13(29)7-5-12)25-21(33)16(10-28)26-19(31)14(23)9-17(24)30/h4-7,11,14-16,18,28-29H,3,8-10,23H2,1-2H3,(H2,24,30)(H,25,33)(H,26,31)(H,27,32)(H,34,35). The summed E-state index contributed by atoms with van der Waals surface area (Å²) < 4.78 is 0. The first-order valence-corrected chi connectivity index (χ1v) is 11.0. The van der Waals surface area contributed by atoms with Gasteiger partial charge in [0.05, 0.1) is 19.1 Å². The maximum Gasteiger partial charge on any atom is 0.326 e. The van der Waals surface area contributed by atoms with Crippen LogP contribution in [0.2, 0.25) is 0 Å². The number of carboxylic acids is 1. The summed E-state index contributed by atoms with van der Waals surface area (Å²) in [4.78, 5) is 60.5. The lowest BCUT2D eigenvalue weighted by molar-refractivity contribution is -0.143. The Morgan fingerprint density at radius 3 is 1.97 bits per heavy atom. The van der Waals surface area contributed by atoms with Crippen molar-refractivity contribution in [1.82, 2.24) is 16.0 Å². The van der Waals surface area contributed by atoms with Gasteiger partial charge in [-0.3, -0.25) is 19.2 Å². The van der Waals surface area contributed by atoms with Gasteiger partial charge in [-0.1, -0.05) is 32.4 Å². The third-order valence-corrected chi connectivity index (χ3v) is 5.36. The van der Waals surface area contributed by atoms with Crippen molar-refractivity contribution in [3.05, 3.63) is 29.8 Å². The number of primary amides is 1. The zero-order valence-corrected chi connectivity index (χ0v) is 19.6. The van der Waals surface area contributed by atoms with Gasteiger partial charge in [-0.05, 0) is 23.6 Å². The Kier molecular flexibility index (Phi) is 11.6. The highest BCUT2D eigenvalue weighted by Crippen LogP contribution is 2.13. The fraction of sp³-hybridized carbons (Fsp3) is 0.500. The van der Waals surface area contributed by atoms with Crippen LogP contribution >= 0.6 is 0 Å². The zero-order chi connectivity index (χ0) is 26.7. The normalized spacial score (nSPS) is 15.1. The maximum absolute atomic E-state index is 13.0. The molecule has 0 aliphatic carbocycles. The molecule has 0 aromatic heterocycles. The molecule has 0 saturated carbocycles. The molecular weight excluding hydrogens is 462 g/mol. The number of carbonyl (C=O) groups excluding carboxylic acids is 4. The highest BCUT2D eigenvalue weighted by atomic mass is 16.4. The Labute approximate surface area is 202 Å². The van der Waals surface area contributed by atoms with Gasteiger partial charge in [0.25, 0.3) is 0 Å². The van der Waals surface area contributed by atoms with E-state index in [4.69, 9.17) is 11.5 Å². The van der Waals surface area contributed by atoms with Gasteiger partial charge in [-0.15, -0.1) is 0 Å². The number of benzene rings is 1. The van der Waals surface area contributed by atoms with Crippen LogP contribution in [0.15, 0.2) is 24.3 Å². The number of nitrogens with two attached hydrogens (primary N) is 2. The number of aromatic hydroxyl groups is 1. The van der Waals surface area contributed by atoms with Gasteiger partial charge >= 0.3 is 5.97 Å². The summed E-state index contributed by atoms with van der Waals surface area (Å²) in [7, 11) is 0. The summed E-state index contributed by atoms with van der Waals surface area (Å²) in [5, 5.41) is 35.6. The van der Waals surface area contributed by atoms with Gasteiger partial charge in [0, 0.05) is 6.42 Å². The molecule has 0 spiro atoms. The third-order valence-electron chi connectivity index (χ3n) is 5.36. The summed E-state index contributed by atoms with van der Waals surface area (Å²) in [5.41, 5.74) is 11.1. The second kappa shape index (κ2) is 13.9. The van der Waals surface area contributed by atoms with Crippen molar-refractivity contribution in [1.29, 1.82) is 0 Å². The largest absolute Gasteiger partial charge is 0.508 e. The van der Waals surface area contributed by atoms with E-state index in [0.717, 1.165) is 0 Å². The van der Waals surface area contributed by atoms with E-state index >= 15 is 0 Å². The zero-order valence-electron chi connectivity index (χ0n) is 19.6. The second-order valence-electron chi connectivity index (χ2n) is 8.16.